The zero-order chi connectivity index (χ0) is 27.3. The third-order valence-electron chi connectivity index (χ3n) is 6.23. The molecule has 1 aliphatic rings. The Morgan fingerprint density at radius 3 is 2.49 bits per heavy atom. The summed E-state index contributed by atoms with van der Waals surface area (Å²) in [6, 6.07) is 8.95. The van der Waals surface area contributed by atoms with E-state index >= 15 is 0 Å². The van der Waals surface area contributed by atoms with E-state index in [4.69, 9.17) is 9.47 Å². The van der Waals surface area contributed by atoms with Crippen LogP contribution in [0.5, 0.6) is 17.2 Å². The van der Waals surface area contributed by atoms with Crippen LogP contribution in [0.1, 0.15) is 49.9 Å². The molecule has 1 unspecified atom stereocenters. The Morgan fingerprint density at radius 1 is 1.14 bits per heavy atom. The number of carbonyl (C=O) groups excluding carboxylic acids is 2. The number of phenols is 1. The zero-order valence-corrected chi connectivity index (χ0v) is 22.6. The Balaban J connectivity index is 2.10. The Morgan fingerprint density at radius 2 is 1.86 bits per heavy atom. The lowest BCUT2D eigenvalue weighted by Gasteiger charge is -2.28. The number of benzene rings is 2. The number of Topliss-reactive ketones (excluding diaryl/α,β-unsaturated/α-hetero) is 1. The number of aromatic hydroxyl groups is 1. The number of aryl methyl sites for hydroxylation is 1. The topological polar surface area (TPSA) is 104 Å². The molecule has 0 saturated carbocycles. The van der Waals surface area contributed by atoms with E-state index in [0.717, 1.165) is 6.54 Å². The van der Waals surface area contributed by atoms with Gasteiger partial charge in [-0.05, 0) is 60.7 Å². The number of carbonyl (C=O) groups is 2. The molecule has 37 heavy (non-hydrogen) atoms. The molecule has 1 saturated heterocycles. The molecule has 1 heterocycles. The van der Waals surface area contributed by atoms with Gasteiger partial charge in [-0.15, -0.1) is 0 Å². The fraction of sp³-hybridized carbons (Fsp3) is 0.448. The lowest BCUT2D eigenvalue weighted by atomic mass is 9.93. The van der Waals surface area contributed by atoms with Crippen molar-refractivity contribution in [1.29, 1.82) is 0 Å². The first kappa shape index (κ1) is 28.1. The fourth-order valence-corrected chi connectivity index (χ4v) is 4.41. The number of hydrogen-bond acceptors (Lipinski definition) is 6. The van der Waals surface area contributed by atoms with Crippen molar-refractivity contribution in [1.82, 2.24) is 4.90 Å². The monoisotopic (exact) mass is 510 g/mol. The van der Waals surface area contributed by atoms with Crippen LogP contribution in [0.25, 0.3) is 5.76 Å². The molecular weight excluding hydrogens is 472 g/mol. The first-order valence-electron chi connectivity index (χ1n) is 12.8. The predicted octanol–water partition coefficient (Wildman–Crippen LogP) is 1.89. The van der Waals surface area contributed by atoms with Crippen molar-refractivity contribution in [3.05, 3.63) is 58.7 Å². The van der Waals surface area contributed by atoms with Crippen LogP contribution in [0.3, 0.4) is 0 Å². The zero-order valence-electron chi connectivity index (χ0n) is 22.6. The van der Waals surface area contributed by atoms with Crippen molar-refractivity contribution in [3.8, 4) is 17.2 Å². The third kappa shape index (κ3) is 6.43. The van der Waals surface area contributed by atoms with Gasteiger partial charge in [-0.25, -0.2) is 0 Å². The van der Waals surface area contributed by atoms with Crippen LogP contribution in [-0.2, 0) is 9.59 Å². The molecule has 2 aromatic carbocycles. The number of rotatable bonds is 11. The molecule has 2 N–H and O–H groups in total. The fourth-order valence-electron chi connectivity index (χ4n) is 4.41. The highest BCUT2D eigenvalue weighted by molar-refractivity contribution is 6.46. The molecule has 2 aromatic rings. The second-order valence-electron chi connectivity index (χ2n) is 10.1. The summed E-state index contributed by atoms with van der Waals surface area (Å²) in [4.78, 5) is 29.1. The van der Waals surface area contributed by atoms with Gasteiger partial charge in [0.25, 0.3) is 5.91 Å². The van der Waals surface area contributed by atoms with E-state index < -0.39 is 23.5 Å². The van der Waals surface area contributed by atoms with Crippen molar-refractivity contribution >= 4 is 17.4 Å². The number of nitrogens with one attached hydrogen (secondary N) is 1. The molecule has 1 atom stereocenters. The van der Waals surface area contributed by atoms with Crippen molar-refractivity contribution < 1.29 is 34.2 Å². The summed E-state index contributed by atoms with van der Waals surface area (Å²) >= 11 is 0. The number of ketones is 1. The van der Waals surface area contributed by atoms with E-state index in [-0.39, 0.29) is 17.1 Å². The highest BCUT2D eigenvalue weighted by Crippen LogP contribution is 2.41. The van der Waals surface area contributed by atoms with E-state index in [2.05, 4.69) is 13.8 Å². The molecule has 200 valence electrons. The molecule has 8 nitrogen and oxygen atoms in total. The first-order valence-corrected chi connectivity index (χ1v) is 12.8. The number of hydrogen-bond donors (Lipinski definition) is 2. The van der Waals surface area contributed by atoms with Gasteiger partial charge in [0.1, 0.15) is 5.75 Å². The SMILES string of the molecule is CCOc1cc(C2C(=C([O-])c3ccc(OCC(C)C)cc3C)C(=O)C(=O)N2CCC[NH+](C)C)ccc1O. The second kappa shape index (κ2) is 12.1. The van der Waals surface area contributed by atoms with Gasteiger partial charge in [-0.2, -0.15) is 0 Å². The second-order valence-corrected chi connectivity index (χ2v) is 10.1. The Kier molecular flexibility index (Phi) is 9.21. The minimum Gasteiger partial charge on any atom is -0.872 e. The number of quaternary nitrogens is 1. The standard InChI is InChI=1S/C29H38N2O6/c1-7-36-24-16-20(9-12-23(24)32)26-25(28(34)29(35)31(26)14-8-13-30(5)6)27(33)22-11-10-21(15-19(22)4)37-17-18(2)3/h9-12,15-16,18,26,32-33H,7-8,13-14,17H2,1-6H3. The van der Waals surface area contributed by atoms with Gasteiger partial charge in [0.05, 0.1) is 39.9 Å². The van der Waals surface area contributed by atoms with Crippen LogP contribution >= 0.6 is 0 Å². The molecular formula is C29H38N2O6. The lowest BCUT2D eigenvalue weighted by Crippen LogP contribution is -3.05. The summed E-state index contributed by atoms with van der Waals surface area (Å²) in [7, 11) is 4.03. The van der Waals surface area contributed by atoms with Crippen LogP contribution in [0.15, 0.2) is 42.0 Å². The van der Waals surface area contributed by atoms with Gasteiger partial charge >= 0.3 is 0 Å². The maximum absolute atomic E-state index is 13.8. The molecule has 0 aliphatic carbocycles. The molecule has 0 bridgehead atoms. The van der Waals surface area contributed by atoms with E-state index in [1.165, 1.54) is 15.9 Å². The molecule has 3 rings (SSSR count). The highest BCUT2D eigenvalue weighted by atomic mass is 16.5. The minimum atomic E-state index is -0.874. The van der Waals surface area contributed by atoms with E-state index in [9.17, 15) is 19.8 Å². The van der Waals surface area contributed by atoms with Crippen molar-refractivity contribution in [2.24, 2.45) is 5.92 Å². The summed E-state index contributed by atoms with van der Waals surface area (Å²) in [5.41, 5.74) is 1.46. The smallest absolute Gasteiger partial charge is 0.295 e. The van der Waals surface area contributed by atoms with E-state index in [1.807, 2.05) is 14.1 Å². The number of likely N-dealkylation sites (tertiary alicyclic amines) is 1. The van der Waals surface area contributed by atoms with Crippen molar-refractivity contribution in [3.63, 3.8) is 0 Å². The number of amides is 1. The average Bonchev–Trinajstić information content (AvgIpc) is 3.09. The number of phenolic OH excluding ortho intramolecular Hbond substituents is 1. The van der Waals surface area contributed by atoms with Gasteiger partial charge < -0.3 is 29.5 Å². The Labute approximate surface area is 219 Å². The minimum absolute atomic E-state index is 0.0512. The lowest BCUT2D eigenvalue weighted by molar-refractivity contribution is -0.858. The summed E-state index contributed by atoms with van der Waals surface area (Å²) in [5, 5.41) is 24.0. The van der Waals surface area contributed by atoms with Crippen molar-refractivity contribution in [2.75, 3.05) is 40.4 Å². The molecule has 1 amide bonds. The molecule has 1 aliphatic heterocycles. The quantitative estimate of drug-likeness (QED) is 0.272. The van der Waals surface area contributed by atoms with Crippen LogP contribution < -0.4 is 19.5 Å². The maximum atomic E-state index is 13.8. The van der Waals surface area contributed by atoms with Gasteiger partial charge in [0, 0.05) is 18.5 Å². The average molecular weight is 511 g/mol. The molecule has 1 fully saturated rings. The molecule has 0 radical (unpaired) electrons. The van der Waals surface area contributed by atoms with Gasteiger partial charge in [-0.3, -0.25) is 9.59 Å². The summed E-state index contributed by atoms with van der Waals surface area (Å²) in [6.45, 7) is 9.68. The van der Waals surface area contributed by atoms with Crippen LogP contribution in [-0.4, -0.2) is 62.1 Å². The van der Waals surface area contributed by atoms with E-state index in [1.54, 1.807) is 44.2 Å². The van der Waals surface area contributed by atoms with Gasteiger partial charge in [-0.1, -0.05) is 31.7 Å². The Bertz CT molecular complexity index is 1170. The van der Waals surface area contributed by atoms with Crippen molar-refractivity contribution in [2.45, 2.75) is 40.2 Å². The van der Waals surface area contributed by atoms with Crippen LogP contribution in [0.4, 0.5) is 0 Å². The van der Waals surface area contributed by atoms with Gasteiger partial charge in [0.2, 0.25) is 5.78 Å². The summed E-state index contributed by atoms with van der Waals surface area (Å²) < 4.78 is 11.3. The van der Waals surface area contributed by atoms with E-state index in [0.29, 0.717) is 54.5 Å². The third-order valence-corrected chi connectivity index (χ3v) is 6.23. The predicted molar refractivity (Wildman–Crippen MR) is 139 cm³/mol. The highest BCUT2D eigenvalue weighted by Gasteiger charge is 2.44. The molecule has 0 aromatic heterocycles. The molecule has 0 spiro atoms. The summed E-state index contributed by atoms with van der Waals surface area (Å²) in [6.07, 6.45) is 0.663. The largest absolute Gasteiger partial charge is 0.872 e. The first-order chi connectivity index (χ1) is 17.5. The van der Waals surface area contributed by atoms with Crippen LogP contribution in [0.2, 0.25) is 0 Å². The summed E-state index contributed by atoms with van der Waals surface area (Å²) in [5.74, 6) is -0.787. The molecule has 8 heteroatoms. The maximum Gasteiger partial charge on any atom is 0.295 e. The van der Waals surface area contributed by atoms with Crippen LogP contribution in [0, 0.1) is 12.8 Å². The Hall–Kier alpha value is -3.52. The normalized spacial score (nSPS) is 17.2. The number of nitrogens with zero attached hydrogens (tertiary/aromatic N) is 1. The number of ether oxygens (including phenoxy) is 2. The van der Waals surface area contributed by atoms with Gasteiger partial charge in [0.15, 0.2) is 11.5 Å².